The van der Waals surface area contributed by atoms with Crippen molar-refractivity contribution in [2.45, 2.75) is 64.0 Å². The Balaban J connectivity index is 1.73. The Morgan fingerprint density at radius 2 is 1.45 bits per heavy atom. The van der Waals surface area contributed by atoms with Gasteiger partial charge in [-0.05, 0) is 53.4 Å². The zero-order chi connectivity index (χ0) is 30.8. The highest BCUT2D eigenvalue weighted by Crippen LogP contribution is 2.40. The fourth-order valence-corrected chi connectivity index (χ4v) is 6.93. The molecule has 4 rings (SSSR count). The number of carbonyl (C=O) groups excluding carboxylic acids is 3. The van der Waals surface area contributed by atoms with E-state index < -0.39 is 57.6 Å². The number of thiophene rings is 1. The largest absolute Gasteiger partial charge is 0.455 e. The van der Waals surface area contributed by atoms with E-state index in [0.29, 0.717) is 12.0 Å². The predicted octanol–water partition coefficient (Wildman–Crippen LogP) is 4.69. The van der Waals surface area contributed by atoms with Crippen LogP contribution in [0.5, 0.6) is 0 Å². The maximum Gasteiger partial charge on any atom is 0.303 e. The van der Waals surface area contributed by atoms with Crippen molar-refractivity contribution in [1.82, 2.24) is 0 Å². The molecule has 12 heteroatoms. The number of halogens is 1. The van der Waals surface area contributed by atoms with Crippen molar-refractivity contribution in [3.63, 3.8) is 0 Å². The quantitative estimate of drug-likeness (QED) is 0.261. The molecule has 0 saturated carbocycles. The van der Waals surface area contributed by atoms with Crippen LogP contribution in [0.1, 0.15) is 48.4 Å². The second-order valence-electron chi connectivity index (χ2n) is 10.1. The standard InChI is InChI=1S/C30H31FO9S2/c1-16-6-7-21(14-22(16)15-24-12-13-25(41-24)20-8-10-23(31)11-9-20)26-27(37-17(2)32)28(38-18(3)33)29(39-19(4)34)30(40-26)42(5,35)36/h6-14,26-30H,15H2,1-5H3/t26-,27-,28+,29-,30+/m0/s1. The lowest BCUT2D eigenvalue weighted by atomic mass is 9.91. The molecular formula is C30H31FO9S2. The van der Waals surface area contributed by atoms with Gasteiger partial charge in [0.15, 0.2) is 33.6 Å². The zero-order valence-corrected chi connectivity index (χ0v) is 25.3. The summed E-state index contributed by atoms with van der Waals surface area (Å²) in [5.74, 6) is -2.66. The maximum atomic E-state index is 13.4. The Hall–Kier alpha value is -3.61. The van der Waals surface area contributed by atoms with Gasteiger partial charge in [0.05, 0.1) is 0 Å². The van der Waals surface area contributed by atoms with Crippen molar-refractivity contribution in [2.75, 3.05) is 6.26 Å². The predicted molar refractivity (Wildman–Crippen MR) is 153 cm³/mol. The third-order valence-corrected chi connectivity index (χ3v) is 9.04. The van der Waals surface area contributed by atoms with E-state index in [0.717, 1.165) is 53.5 Å². The van der Waals surface area contributed by atoms with Gasteiger partial charge < -0.3 is 18.9 Å². The van der Waals surface area contributed by atoms with Crippen LogP contribution in [0.2, 0.25) is 0 Å². The molecule has 0 N–H and O–H groups in total. The van der Waals surface area contributed by atoms with Gasteiger partial charge in [-0.3, -0.25) is 14.4 Å². The second-order valence-corrected chi connectivity index (χ2v) is 13.4. The van der Waals surface area contributed by atoms with Crippen LogP contribution in [0.15, 0.2) is 54.6 Å². The number of benzene rings is 2. The Morgan fingerprint density at radius 1 is 0.857 bits per heavy atom. The molecule has 1 aliphatic heterocycles. The number of sulfone groups is 1. The molecule has 0 bridgehead atoms. The van der Waals surface area contributed by atoms with E-state index in [1.54, 1.807) is 29.5 Å². The third-order valence-electron chi connectivity index (χ3n) is 6.68. The van der Waals surface area contributed by atoms with E-state index in [1.165, 1.54) is 12.1 Å². The van der Waals surface area contributed by atoms with E-state index in [2.05, 4.69) is 0 Å². The van der Waals surface area contributed by atoms with Gasteiger partial charge >= 0.3 is 17.9 Å². The first-order valence-corrected chi connectivity index (χ1v) is 15.8. The van der Waals surface area contributed by atoms with E-state index in [-0.39, 0.29) is 5.82 Å². The van der Waals surface area contributed by atoms with Crippen LogP contribution in [-0.2, 0) is 49.6 Å². The van der Waals surface area contributed by atoms with Crippen LogP contribution in [0, 0.1) is 12.7 Å². The number of aryl methyl sites for hydroxylation is 1. The van der Waals surface area contributed by atoms with Crippen LogP contribution in [0.25, 0.3) is 10.4 Å². The van der Waals surface area contributed by atoms with Crippen LogP contribution in [0.4, 0.5) is 4.39 Å². The van der Waals surface area contributed by atoms with Gasteiger partial charge in [-0.25, -0.2) is 12.8 Å². The molecule has 0 unspecified atom stereocenters. The summed E-state index contributed by atoms with van der Waals surface area (Å²) in [6.45, 7) is 5.27. The van der Waals surface area contributed by atoms with Gasteiger partial charge in [-0.2, -0.15) is 0 Å². The first-order valence-electron chi connectivity index (χ1n) is 13.0. The highest BCUT2D eigenvalue weighted by Gasteiger charge is 2.55. The van der Waals surface area contributed by atoms with Crippen molar-refractivity contribution >= 4 is 39.1 Å². The highest BCUT2D eigenvalue weighted by molar-refractivity contribution is 7.91. The van der Waals surface area contributed by atoms with E-state index >= 15 is 0 Å². The van der Waals surface area contributed by atoms with Gasteiger partial charge in [-0.1, -0.05) is 30.3 Å². The molecule has 42 heavy (non-hydrogen) atoms. The average Bonchev–Trinajstić information content (AvgIpc) is 3.35. The Kier molecular flexibility index (Phi) is 9.49. The molecular weight excluding hydrogens is 587 g/mol. The summed E-state index contributed by atoms with van der Waals surface area (Å²) < 4.78 is 61.3. The molecule has 3 aromatic rings. The van der Waals surface area contributed by atoms with Crippen molar-refractivity contribution in [3.05, 3.63) is 82.0 Å². The Labute approximate surface area is 247 Å². The van der Waals surface area contributed by atoms with Crippen molar-refractivity contribution < 1.29 is 46.1 Å². The Bertz CT molecular complexity index is 1580. The minimum Gasteiger partial charge on any atom is -0.455 e. The van der Waals surface area contributed by atoms with Crippen LogP contribution >= 0.6 is 11.3 Å². The fourth-order valence-electron chi connectivity index (χ4n) is 4.88. The monoisotopic (exact) mass is 618 g/mol. The summed E-state index contributed by atoms with van der Waals surface area (Å²) in [7, 11) is -4.03. The number of hydrogen-bond donors (Lipinski definition) is 0. The molecule has 9 nitrogen and oxygen atoms in total. The first kappa shape index (κ1) is 31.3. The molecule has 5 atom stereocenters. The van der Waals surface area contributed by atoms with Crippen molar-refractivity contribution in [2.24, 2.45) is 0 Å². The molecule has 224 valence electrons. The molecule has 0 spiro atoms. The fraction of sp³-hybridized carbons (Fsp3) is 0.367. The highest BCUT2D eigenvalue weighted by atomic mass is 32.2. The molecule has 2 aromatic carbocycles. The normalized spacial score (nSPS) is 22.3. The number of ether oxygens (including phenoxy) is 4. The lowest BCUT2D eigenvalue weighted by Gasteiger charge is -2.44. The van der Waals surface area contributed by atoms with Crippen LogP contribution in [-0.4, -0.2) is 56.3 Å². The summed E-state index contributed by atoms with van der Waals surface area (Å²) in [6, 6.07) is 15.6. The lowest BCUT2D eigenvalue weighted by molar-refractivity contribution is -0.234. The smallest absolute Gasteiger partial charge is 0.303 e. The molecule has 0 amide bonds. The van der Waals surface area contributed by atoms with Gasteiger partial charge in [0.25, 0.3) is 0 Å². The molecule has 1 aliphatic rings. The minimum atomic E-state index is -4.03. The number of carbonyl (C=O) groups is 3. The summed E-state index contributed by atoms with van der Waals surface area (Å²) in [5.41, 5.74) is 1.51. The van der Waals surface area contributed by atoms with Gasteiger partial charge in [0.2, 0.25) is 0 Å². The summed E-state index contributed by atoms with van der Waals surface area (Å²) in [4.78, 5) is 38.2. The zero-order valence-electron chi connectivity index (χ0n) is 23.7. The van der Waals surface area contributed by atoms with Crippen LogP contribution in [0.3, 0.4) is 0 Å². The van der Waals surface area contributed by atoms with E-state index in [1.807, 2.05) is 31.2 Å². The first-order chi connectivity index (χ1) is 19.7. The molecule has 1 fully saturated rings. The van der Waals surface area contributed by atoms with E-state index in [9.17, 15) is 27.2 Å². The van der Waals surface area contributed by atoms with Crippen LogP contribution < -0.4 is 0 Å². The van der Waals surface area contributed by atoms with Crippen molar-refractivity contribution in [3.8, 4) is 10.4 Å². The third kappa shape index (κ3) is 7.42. The molecule has 0 radical (unpaired) electrons. The van der Waals surface area contributed by atoms with Gasteiger partial charge in [-0.15, -0.1) is 11.3 Å². The van der Waals surface area contributed by atoms with Gasteiger partial charge in [0.1, 0.15) is 11.9 Å². The average molecular weight is 619 g/mol. The van der Waals surface area contributed by atoms with Crippen molar-refractivity contribution in [1.29, 1.82) is 0 Å². The second kappa shape index (κ2) is 12.7. The summed E-state index contributed by atoms with van der Waals surface area (Å²) in [5, 5.41) is 0. The van der Waals surface area contributed by atoms with E-state index in [4.69, 9.17) is 18.9 Å². The Morgan fingerprint density at radius 3 is 2.05 bits per heavy atom. The lowest BCUT2D eigenvalue weighted by Crippen LogP contribution is -2.60. The summed E-state index contributed by atoms with van der Waals surface area (Å²) >= 11 is 1.55. The molecule has 0 aliphatic carbocycles. The topological polar surface area (TPSA) is 122 Å². The molecule has 1 saturated heterocycles. The number of rotatable bonds is 8. The maximum absolute atomic E-state index is 13.4. The summed E-state index contributed by atoms with van der Waals surface area (Å²) in [6.07, 6.45) is -4.11. The molecule has 2 heterocycles. The van der Waals surface area contributed by atoms with Gasteiger partial charge in [0, 0.05) is 43.2 Å². The number of esters is 3. The SMILES string of the molecule is CC(=O)O[C@@H]1[C@@H](OC(C)=O)[C@H](c2ccc(C)c(Cc3ccc(-c4ccc(F)cc4)s3)c2)O[C@H](S(C)(=O)=O)[C@H]1OC(C)=O. The number of hydrogen-bond acceptors (Lipinski definition) is 10. The minimum absolute atomic E-state index is 0.312. The molecule has 1 aromatic heterocycles.